The van der Waals surface area contributed by atoms with Crippen LogP contribution in [-0.2, 0) is 21.4 Å². The van der Waals surface area contributed by atoms with Crippen molar-refractivity contribution in [3.05, 3.63) is 27.9 Å². The monoisotopic (exact) mass is 356 g/mol. The van der Waals surface area contributed by atoms with E-state index in [1.54, 1.807) is 11.8 Å². The average molecular weight is 356 g/mol. The lowest BCUT2D eigenvalue weighted by molar-refractivity contribution is -0.132. The molecule has 0 aliphatic carbocycles. The Hall–Kier alpha value is -1.74. The third-order valence-electron chi connectivity index (χ3n) is 4.12. The van der Waals surface area contributed by atoms with Crippen LogP contribution in [0, 0.1) is 13.8 Å². The van der Waals surface area contributed by atoms with Gasteiger partial charge in [-0.2, -0.15) is 4.98 Å². The van der Waals surface area contributed by atoms with Gasteiger partial charge in [0.15, 0.2) is 0 Å². The number of hydrogen-bond acceptors (Lipinski definition) is 5. The molecule has 0 bridgehead atoms. The number of nitrogens with one attached hydrogen (secondary N) is 1. The van der Waals surface area contributed by atoms with Crippen molar-refractivity contribution in [3.8, 4) is 0 Å². The fraction of sp³-hybridized carbons (Fsp3) is 0.667. The Morgan fingerprint density at radius 2 is 1.96 bits per heavy atom. The molecule has 134 valence electrons. The number of likely N-dealkylation sites (tertiary alicyclic amines) is 1. The molecule has 0 unspecified atom stereocenters. The van der Waals surface area contributed by atoms with Crippen molar-refractivity contribution in [3.63, 3.8) is 0 Å². The summed E-state index contributed by atoms with van der Waals surface area (Å²) in [6.07, 6.45) is 2.57. The molecule has 1 aromatic heterocycles. The molecule has 8 nitrogen and oxygen atoms in total. The number of sulfonamides is 1. The van der Waals surface area contributed by atoms with E-state index in [-0.39, 0.29) is 24.1 Å². The number of carbonyl (C=O) groups excluding carboxylic acids is 1. The van der Waals surface area contributed by atoms with Gasteiger partial charge in [0.25, 0.3) is 0 Å². The van der Waals surface area contributed by atoms with Crippen LogP contribution in [0.1, 0.15) is 30.7 Å². The Morgan fingerprint density at radius 1 is 1.33 bits per heavy atom. The van der Waals surface area contributed by atoms with Gasteiger partial charge < -0.3 is 4.90 Å². The van der Waals surface area contributed by atoms with Gasteiger partial charge in [-0.1, -0.05) is 0 Å². The molecule has 1 aliphatic rings. The predicted molar refractivity (Wildman–Crippen MR) is 90.2 cm³/mol. The Morgan fingerprint density at radius 3 is 2.50 bits per heavy atom. The molecular formula is C15H24N4O4S. The van der Waals surface area contributed by atoms with Gasteiger partial charge in [-0.3, -0.25) is 9.36 Å². The SMILES string of the molecule is Cc1cc(C)n(CCC(=O)N2CCC(NS(C)(=O)=O)CC2)c(=O)n1. The lowest BCUT2D eigenvalue weighted by Gasteiger charge is -2.32. The number of aryl methyl sites for hydroxylation is 2. The fourth-order valence-electron chi connectivity index (χ4n) is 2.96. The maximum absolute atomic E-state index is 12.3. The Kier molecular flexibility index (Phi) is 5.76. The molecule has 0 aromatic carbocycles. The largest absolute Gasteiger partial charge is 0.347 e. The van der Waals surface area contributed by atoms with Crippen LogP contribution in [0.15, 0.2) is 10.9 Å². The van der Waals surface area contributed by atoms with E-state index in [9.17, 15) is 18.0 Å². The van der Waals surface area contributed by atoms with Gasteiger partial charge in [0.1, 0.15) is 0 Å². The van der Waals surface area contributed by atoms with E-state index >= 15 is 0 Å². The van der Waals surface area contributed by atoms with E-state index in [0.717, 1.165) is 11.9 Å². The van der Waals surface area contributed by atoms with Gasteiger partial charge >= 0.3 is 5.69 Å². The standard InChI is InChI=1S/C15H24N4O4S/c1-11-10-12(2)19(15(21)16-11)9-6-14(20)18-7-4-13(5-8-18)17-24(3,22)23/h10,13,17H,4-9H2,1-3H3. The number of carbonyl (C=O) groups is 1. The normalized spacial score (nSPS) is 16.4. The molecule has 1 saturated heterocycles. The molecule has 1 fully saturated rings. The third-order valence-corrected chi connectivity index (χ3v) is 4.89. The molecule has 0 spiro atoms. The first-order valence-electron chi connectivity index (χ1n) is 7.96. The van der Waals surface area contributed by atoms with Crippen LogP contribution in [0.4, 0.5) is 0 Å². The highest BCUT2D eigenvalue weighted by molar-refractivity contribution is 7.88. The molecule has 2 rings (SSSR count). The maximum atomic E-state index is 12.3. The number of aromatic nitrogens is 2. The highest BCUT2D eigenvalue weighted by Gasteiger charge is 2.24. The van der Waals surface area contributed by atoms with Gasteiger partial charge in [0.2, 0.25) is 15.9 Å². The Bertz CT molecular complexity index is 764. The first kappa shape index (κ1) is 18.6. The van der Waals surface area contributed by atoms with Crippen molar-refractivity contribution in [2.45, 2.75) is 45.7 Å². The minimum absolute atomic E-state index is 0.0281. The molecule has 1 aromatic rings. The van der Waals surface area contributed by atoms with Crippen LogP contribution >= 0.6 is 0 Å². The number of nitrogens with zero attached hydrogens (tertiary/aromatic N) is 3. The van der Waals surface area contributed by atoms with Crippen LogP contribution in [0.3, 0.4) is 0 Å². The molecular weight excluding hydrogens is 332 g/mol. The summed E-state index contributed by atoms with van der Waals surface area (Å²) in [5.41, 5.74) is 1.12. The minimum Gasteiger partial charge on any atom is -0.343 e. The molecule has 0 radical (unpaired) electrons. The van der Waals surface area contributed by atoms with Crippen LogP contribution in [0.25, 0.3) is 0 Å². The van der Waals surface area contributed by atoms with Crippen molar-refractivity contribution in [2.75, 3.05) is 19.3 Å². The third kappa shape index (κ3) is 5.13. The van der Waals surface area contributed by atoms with Gasteiger partial charge in [0, 0.05) is 43.5 Å². The molecule has 0 saturated carbocycles. The van der Waals surface area contributed by atoms with E-state index < -0.39 is 10.0 Å². The van der Waals surface area contributed by atoms with Gasteiger partial charge in [0.05, 0.1) is 6.26 Å². The summed E-state index contributed by atoms with van der Waals surface area (Å²) in [7, 11) is -3.22. The minimum atomic E-state index is -3.22. The molecule has 1 aliphatic heterocycles. The number of hydrogen-bond donors (Lipinski definition) is 1. The molecule has 24 heavy (non-hydrogen) atoms. The zero-order valence-corrected chi connectivity index (χ0v) is 15.1. The second-order valence-electron chi connectivity index (χ2n) is 6.27. The van der Waals surface area contributed by atoms with Gasteiger partial charge in [-0.05, 0) is 32.8 Å². The summed E-state index contributed by atoms with van der Waals surface area (Å²) in [6.45, 7) is 4.93. The van der Waals surface area contributed by atoms with Crippen molar-refractivity contribution < 1.29 is 13.2 Å². The summed E-state index contributed by atoms with van der Waals surface area (Å²) in [4.78, 5) is 29.8. The van der Waals surface area contributed by atoms with Crippen molar-refractivity contribution >= 4 is 15.9 Å². The molecule has 1 amide bonds. The topological polar surface area (TPSA) is 101 Å². The van der Waals surface area contributed by atoms with Crippen LogP contribution in [-0.4, -0.2) is 54.2 Å². The highest BCUT2D eigenvalue weighted by Crippen LogP contribution is 2.12. The highest BCUT2D eigenvalue weighted by atomic mass is 32.2. The van der Waals surface area contributed by atoms with Crippen molar-refractivity contribution in [1.29, 1.82) is 0 Å². The zero-order valence-electron chi connectivity index (χ0n) is 14.3. The number of amides is 1. The second-order valence-corrected chi connectivity index (χ2v) is 8.05. The lowest BCUT2D eigenvalue weighted by atomic mass is 10.1. The smallest absolute Gasteiger partial charge is 0.343 e. The van der Waals surface area contributed by atoms with Crippen LogP contribution in [0.5, 0.6) is 0 Å². The fourth-order valence-corrected chi connectivity index (χ4v) is 3.80. The second kappa shape index (κ2) is 7.43. The zero-order chi connectivity index (χ0) is 17.9. The average Bonchev–Trinajstić information content (AvgIpc) is 2.45. The van der Waals surface area contributed by atoms with Crippen molar-refractivity contribution in [2.24, 2.45) is 0 Å². The molecule has 0 atom stereocenters. The Balaban J connectivity index is 1.88. The first-order valence-corrected chi connectivity index (χ1v) is 9.85. The molecule has 1 N–H and O–H groups in total. The summed E-state index contributed by atoms with van der Waals surface area (Å²) in [5, 5.41) is 0. The summed E-state index contributed by atoms with van der Waals surface area (Å²) >= 11 is 0. The summed E-state index contributed by atoms with van der Waals surface area (Å²) < 4.78 is 26.5. The number of rotatable bonds is 5. The molecule has 9 heteroatoms. The number of piperidine rings is 1. The van der Waals surface area contributed by atoms with Gasteiger partial charge in [-0.15, -0.1) is 0 Å². The van der Waals surface area contributed by atoms with Crippen LogP contribution < -0.4 is 10.4 Å². The lowest BCUT2D eigenvalue weighted by Crippen LogP contribution is -2.46. The summed E-state index contributed by atoms with van der Waals surface area (Å²) in [6, 6.07) is 1.70. The van der Waals surface area contributed by atoms with E-state index in [0.29, 0.717) is 38.2 Å². The maximum Gasteiger partial charge on any atom is 0.347 e. The predicted octanol–water partition coefficient (Wildman–Crippen LogP) is -0.210. The van der Waals surface area contributed by atoms with E-state index in [2.05, 4.69) is 9.71 Å². The summed E-state index contributed by atoms with van der Waals surface area (Å²) in [5.74, 6) is -0.0281. The van der Waals surface area contributed by atoms with Gasteiger partial charge in [-0.25, -0.2) is 17.9 Å². The van der Waals surface area contributed by atoms with E-state index in [1.807, 2.05) is 13.0 Å². The quantitative estimate of drug-likeness (QED) is 0.787. The van der Waals surface area contributed by atoms with Crippen molar-refractivity contribution in [1.82, 2.24) is 19.2 Å². The van der Waals surface area contributed by atoms with Crippen LogP contribution in [0.2, 0.25) is 0 Å². The molecule has 2 heterocycles. The first-order chi connectivity index (χ1) is 11.2. The Labute approximate surface area is 141 Å². The van der Waals surface area contributed by atoms with E-state index in [1.165, 1.54) is 4.57 Å². The van der Waals surface area contributed by atoms with E-state index in [4.69, 9.17) is 0 Å².